The molecule has 2 fully saturated rings. The maximum absolute atomic E-state index is 13.0. The van der Waals surface area contributed by atoms with Crippen molar-refractivity contribution in [1.82, 2.24) is 4.90 Å². The fraction of sp³-hybridized carbons (Fsp3) is 0.400. The summed E-state index contributed by atoms with van der Waals surface area (Å²) in [5.74, 6) is -2.06. The number of benzene rings is 1. The van der Waals surface area contributed by atoms with E-state index in [0.29, 0.717) is 25.1 Å². The van der Waals surface area contributed by atoms with Gasteiger partial charge in [0.25, 0.3) is 5.91 Å². The number of methoxy groups -OCH3 is 1. The summed E-state index contributed by atoms with van der Waals surface area (Å²) in [6.45, 7) is 0.417. The second-order valence-corrected chi connectivity index (χ2v) is 5.34. The molecule has 0 unspecified atom stereocenters. The fourth-order valence-electron chi connectivity index (χ4n) is 3.10. The highest BCUT2D eigenvalue weighted by molar-refractivity contribution is 6.22. The quantitative estimate of drug-likeness (QED) is 0.614. The Labute approximate surface area is 126 Å². The van der Waals surface area contributed by atoms with Crippen molar-refractivity contribution in [2.45, 2.75) is 18.9 Å². The molecule has 0 bridgehead atoms. The Morgan fingerprint density at radius 3 is 2.59 bits per heavy atom. The van der Waals surface area contributed by atoms with Crippen LogP contribution in [0.3, 0.4) is 0 Å². The molecule has 116 valence electrons. The normalized spacial score (nSPS) is 24.5. The molecule has 2 heterocycles. The van der Waals surface area contributed by atoms with Crippen molar-refractivity contribution in [1.29, 1.82) is 0 Å². The van der Waals surface area contributed by atoms with Gasteiger partial charge < -0.3 is 9.64 Å². The maximum Gasteiger partial charge on any atom is 0.332 e. The molecule has 0 saturated carbocycles. The number of imide groups is 1. The van der Waals surface area contributed by atoms with Gasteiger partial charge in [0, 0.05) is 6.54 Å². The van der Waals surface area contributed by atoms with Crippen LogP contribution in [-0.2, 0) is 14.3 Å². The lowest BCUT2D eigenvalue weighted by atomic mass is 9.89. The fourth-order valence-corrected chi connectivity index (χ4v) is 3.10. The van der Waals surface area contributed by atoms with Crippen LogP contribution in [0.2, 0.25) is 0 Å². The van der Waals surface area contributed by atoms with Crippen LogP contribution < -0.4 is 4.90 Å². The Bertz CT molecular complexity index is 631. The number of fused-ring (bicyclic) bond motifs is 1. The lowest BCUT2D eigenvalue weighted by Gasteiger charge is -2.31. The van der Waals surface area contributed by atoms with Crippen LogP contribution in [0, 0.1) is 11.7 Å². The number of piperidine rings is 1. The van der Waals surface area contributed by atoms with Crippen LogP contribution in [-0.4, -0.2) is 42.5 Å². The molecule has 2 atom stereocenters. The first kappa shape index (κ1) is 14.5. The molecule has 0 spiro atoms. The summed E-state index contributed by atoms with van der Waals surface area (Å²) in [7, 11) is 1.26. The molecule has 7 heteroatoms. The van der Waals surface area contributed by atoms with E-state index in [9.17, 15) is 18.8 Å². The van der Waals surface area contributed by atoms with Crippen LogP contribution in [0.25, 0.3) is 0 Å². The summed E-state index contributed by atoms with van der Waals surface area (Å²) in [6, 6.07) is 3.80. The van der Waals surface area contributed by atoms with Crippen molar-refractivity contribution in [3.63, 3.8) is 0 Å². The van der Waals surface area contributed by atoms with Gasteiger partial charge in [0.1, 0.15) is 11.9 Å². The van der Waals surface area contributed by atoms with E-state index in [1.54, 1.807) is 0 Å². The van der Waals surface area contributed by atoms with Gasteiger partial charge >= 0.3 is 12.0 Å². The molecular formula is C15H15FN2O4. The molecule has 1 aromatic rings. The van der Waals surface area contributed by atoms with Gasteiger partial charge in [-0.25, -0.2) is 14.1 Å². The highest BCUT2D eigenvalue weighted by Gasteiger charge is 2.53. The monoisotopic (exact) mass is 306 g/mol. The zero-order valence-electron chi connectivity index (χ0n) is 12.0. The van der Waals surface area contributed by atoms with Crippen molar-refractivity contribution < 1.29 is 23.5 Å². The molecule has 2 saturated heterocycles. The van der Waals surface area contributed by atoms with Crippen LogP contribution in [0.1, 0.15) is 12.8 Å². The van der Waals surface area contributed by atoms with Gasteiger partial charge in [0.2, 0.25) is 0 Å². The summed E-state index contributed by atoms with van der Waals surface area (Å²) in [6.07, 6.45) is 1.14. The lowest BCUT2D eigenvalue weighted by Crippen LogP contribution is -2.48. The van der Waals surface area contributed by atoms with Gasteiger partial charge in [0.15, 0.2) is 0 Å². The number of rotatable bonds is 2. The topological polar surface area (TPSA) is 66.9 Å². The van der Waals surface area contributed by atoms with Gasteiger partial charge in [-0.1, -0.05) is 0 Å². The third-order valence-electron chi connectivity index (χ3n) is 4.13. The summed E-state index contributed by atoms with van der Waals surface area (Å²) in [5, 5.41) is 0. The van der Waals surface area contributed by atoms with Crippen molar-refractivity contribution in [2.75, 3.05) is 18.6 Å². The van der Waals surface area contributed by atoms with Crippen molar-refractivity contribution in [3.8, 4) is 0 Å². The molecule has 3 rings (SSSR count). The van der Waals surface area contributed by atoms with Crippen LogP contribution in [0.5, 0.6) is 0 Å². The first-order valence-corrected chi connectivity index (χ1v) is 7.02. The lowest BCUT2D eigenvalue weighted by molar-refractivity contribution is -0.150. The number of hydrogen-bond donors (Lipinski definition) is 0. The molecule has 0 aliphatic carbocycles. The Morgan fingerprint density at radius 1 is 1.27 bits per heavy atom. The summed E-state index contributed by atoms with van der Waals surface area (Å²) in [5.41, 5.74) is 0.300. The number of hydrogen-bond acceptors (Lipinski definition) is 4. The summed E-state index contributed by atoms with van der Waals surface area (Å²) < 4.78 is 17.8. The van der Waals surface area contributed by atoms with Crippen LogP contribution >= 0.6 is 0 Å². The molecule has 1 aromatic carbocycles. The SMILES string of the molecule is COC(=O)[C@@H]1CCCN2C(=O)N(c3ccc(F)cc3)C(=O)[C@@H]12. The van der Waals surface area contributed by atoms with E-state index in [1.165, 1.54) is 36.3 Å². The van der Waals surface area contributed by atoms with Crippen molar-refractivity contribution in [2.24, 2.45) is 5.92 Å². The molecule has 3 amide bonds. The van der Waals surface area contributed by atoms with E-state index in [2.05, 4.69) is 0 Å². The van der Waals surface area contributed by atoms with Gasteiger partial charge in [-0.15, -0.1) is 0 Å². The molecule has 2 aliphatic heterocycles. The molecule has 0 radical (unpaired) electrons. The van der Waals surface area contributed by atoms with Crippen LogP contribution in [0.15, 0.2) is 24.3 Å². The molecular weight excluding hydrogens is 291 g/mol. The Balaban J connectivity index is 1.95. The van der Waals surface area contributed by atoms with Gasteiger partial charge in [0.05, 0.1) is 18.7 Å². The van der Waals surface area contributed by atoms with Gasteiger partial charge in [-0.05, 0) is 37.1 Å². The van der Waals surface area contributed by atoms with Crippen molar-refractivity contribution in [3.05, 3.63) is 30.1 Å². The number of nitrogens with zero attached hydrogens (tertiary/aromatic N) is 2. The number of halogens is 1. The molecule has 22 heavy (non-hydrogen) atoms. The molecule has 0 N–H and O–H groups in total. The molecule has 6 nitrogen and oxygen atoms in total. The minimum atomic E-state index is -0.834. The predicted molar refractivity (Wildman–Crippen MR) is 74.5 cm³/mol. The zero-order chi connectivity index (χ0) is 15.9. The standard InChI is InChI=1S/C15H15FN2O4/c1-22-14(20)11-3-2-8-17-12(11)13(19)18(15(17)21)10-6-4-9(16)5-7-10/h4-7,11-12H,2-3,8H2,1H3/t11-,12-/m1/s1. The Kier molecular flexibility index (Phi) is 3.56. The van der Waals surface area contributed by atoms with E-state index in [1.807, 2.05) is 0 Å². The van der Waals surface area contributed by atoms with Gasteiger partial charge in [-0.2, -0.15) is 0 Å². The number of amides is 3. The van der Waals surface area contributed by atoms with Gasteiger partial charge in [-0.3, -0.25) is 9.59 Å². The Hall–Kier alpha value is -2.44. The zero-order valence-corrected chi connectivity index (χ0v) is 12.0. The van der Waals surface area contributed by atoms with Crippen molar-refractivity contribution >= 4 is 23.6 Å². The first-order chi connectivity index (χ1) is 10.5. The highest BCUT2D eigenvalue weighted by Crippen LogP contribution is 2.34. The smallest absolute Gasteiger partial charge is 0.332 e. The Morgan fingerprint density at radius 2 is 1.95 bits per heavy atom. The minimum absolute atomic E-state index is 0.300. The third-order valence-corrected chi connectivity index (χ3v) is 4.13. The number of carbonyl (C=O) groups excluding carboxylic acids is 3. The second-order valence-electron chi connectivity index (χ2n) is 5.34. The summed E-state index contributed by atoms with van der Waals surface area (Å²) >= 11 is 0. The largest absolute Gasteiger partial charge is 0.469 e. The van der Waals surface area contributed by atoms with E-state index < -0.39 is 35.7 Å². The van der Waals surface area contributed by atoms with E-state index in [4.69, 9.17) is 4.74 Å². The molecule has 0 aromatic heterocycles. The van der Waals surface area contributed by atoms with E-state index in [-0.39, 0.29) is 0 Å². The van der Waals surface area contributed by atoms with Crippen LogP contribution in [0.4, 0.5) is 14.9 Å². The van der Waals surface area contributed by atoms with E-state index in [0.717, 1.165) is 4.90 Å². The number of esters is 1. The number of anilines is 1. The average Bonchev–Trinajstić information content (AvgIpc) is 2.79. The highest BCUT2D eigenvalue weighted by atomic mass is 19.1. The minimum Gasteiger partial charge on any atom is -0.469 e. The number of carbonyl (C=O) groups is 3. The predicted octanol–water partition coefficient (Wildman–Crippen LogP) is 1.55. The molecule has 2 aliphatic rings. The average molecular weight is 306 g/mol. The maximum atomic E-state index is 13.0. The number of urea groups is 1. The second kappa shape index (κ2) is 5.40. The van der Waals surface area contributed by atoms with E-state index >= 15 is 0 Å². The number of ether oxygens (including phenoxy) is 1. The first-order valence-electron chi connectivity index (χ1n) is 7.02. The summed E-state index contributed by atoms with van der Waals surface area (Å²) in [4.78, 5) is 39.4. The third kappa shape index (κ3) is 2.13.